The van der Waals surface area contributed by atoms with Gasteiger partial charge in [-0.25, -0.2) is 0 Å². The molecule has 0 saturated carbocycles. The van der Waals surface area contributed by atoms with Gasteiger partial charge in [0.1, 0.15) is 0 Å². The van der Waals surface area contributed by atoms with E-state index in [9.17, 15) is 4.79 Å². The van der Waals surface area contributed by atoms with Crippen LogP contribution in [0.5, 0.6) is 0 Å². The first-order chi connectivity index (χ1) is 12.1. The number of piperidine rings is 2. The van der Waals surface area contributed by atoms with E-state index in [-0.39, 0.29) is 12.0 Å². The van der Waals surface area contributed by atoms with E-state index < -0.39 is 0 Å². The van der Waals surface area contributed by atoms with Gasteiger partial charge >= 0.3 is 0 Å². The highest BCUT2D eigenvalue weighted by atomic mass is 35.5. The maximum absolute atomic E-state index is 13.1. The summed E-state index contributed by atoms with van der Waals surface area (Å²) in [6.45, 7) is 7.53. The minimum Gasteiger partial charge on any atom is -0.372 e. The van der Waals surface area contributed by atoms with Gasteiger partial charge in [-0.05, 0) is 25.7 Å². The number of hydrogen-bond acceptors (Lipinski definition) is 5. The normalized spacial score (nSPS) is 34.4. The Labute approximate surface area is 155 Å². The molecule has 7 heteroatoms. The molecule has 0 aromatic rings. The Morgan fingerprint density at radius 2 is 1.76 bits per heavy atom. The van der Waals surface area contributed by atoms with Crippen molar-refractivity contribution >= 4 is 17.5 Å². The van der Waals surface area contributed by atoms with Crippen LogP contribution in [0.1, 0.15) is 25.7 Å². The summed E-state index contributed by atoms with van der Waals surface area (Å²) in [6, 6.07) is 0.433. The van der Waals surface area contributed by atoms with Gasteiger partial charge < -0.3 is 25.8 Å². The highest BCUT2D eigenvalue weighted by molar-refractivity contribution is 6.30. The van der Waals surface area contributed by atoms with Gasteiger partial charge in [0, 0.05) is 70.0 Å². The number of nitrogens with zero attached hydrogens (tertiary/aromatic N) is 3. The van der Waals surface area contributed by atoms with Gasteiger partial charge in [0.15, 0.2) is 0 Å². The van der Waals surface area contributed by atoms with Gasteiger partial charge in [-0.1, -0.05) is 11.6 Å². The zero-order valence-corrected chi connectivity index (χ0v) is 15.7. The van der Waals surface area contributed by atoms with E-state index in [0.717, 1.165) is 82.2 Å². The fraction of sp³-hybridized carbons (Fsp3) is 0.833. The molecule has 0 radical (unpaired) electrons. The van der Waals surface area contributed by atoms with E-state index in [1.807, 2.05) is 0 Å². The lowest BCUT2D eigenvalue weighted by Crippen LogP contribution is -2.50. The first-order valence-corrected chi connectivity index (χ1v) is 10.1. The van der Waals surface area contributed by atoms with Crippen LogP contribution in [0.25, 0.3) is 0 Å². The zero-order chi connectivity index (χ0) is 17.4. The molecule has 5 rings (SSSR count). The predicted molar refractivity (Wildman–Crippen MR) is 99.2 cm³/mol. The Hall–Kier alpha value is -0.820. The molecule has 4 fully saturated rings. The molecule has 6 nitrogen and oxygen atoms in total. The van der Waals surface area contributed by atoms with Crippen molar-refractivity contribution in [2.45, 2.75) is 37.8 Å². The maximum atomic E-state index is 13.1. The van der Waals surface area contributed by atoms with Crippen molar-refractivity contribution < 1.29 is 4.79 Å². The minimum atomic E-state index is -0.0384. The van der Waals surface area contributed by atoms with Gasteiger partial charge in [0.2, 0.25) is 5.91 Å². The van der Waals surface area contributed by atoms with Crippen molar-refractivity contribution in [3.05, 3.63) is 10.7 Å². The number of amides is 1. The fourth-order valence-corrected chi connectivity index (χ4v) is 5.26. The Balaban J connectivity index is 1.37. The van der Waals surface area contributed by atoms with E-state index in [0.29, 0.717) is 18.5 Å². The summed E-state index contributed by atoms with van der Waals surface area (Å²) >= 11 is 6.41. The average Bonchev–Trinajstić information content (AvgIpc) is 2.95. The lowest BCUT2D eigenvalue weighted by atomic mass is 9.92. The largest absolute Gasteiger partial charge is 0.372 e. The van der Waals surface area contributed by atoms with Crippen LogP contribution in [0.2, 0.25) is 0 Å². The Morgan fingerprint density at radius 3 is 2.44 bits per heavy atom. The second kappa shape index (κ2) is 7.43. The summed E-state index contributed by atoms with van der Waals surface area (Å²) in [7, 11) is 0. The first-order valence-electron chi connectivity index (χ1n) is 9.76. The molecule has 25 heavy (non-hydrogen) atoms. The third-order valence-corrected chi connectivity index (χ3v) is 6.72. The monoisotopic (exact) mass is 367 g/mol. The number of carbonyl (C=O) groups excluding carboxylic acids is 1. The molecule has 0 aromatic carbocycles. The van der Waals surface area contributed by atoms with Crippen molar-refractivity contribution in [3.8, 4) is 0 Å². The number of carbonyl (C=O) groups is 1. The van der Waals surface area contributed by atoms with Crippen LogP contribution in [0.3, 0.4) is 0 Å². The van der Waals surface area contributed by atoms with Gasteiger partial charge in [-0.15, -0.1) is 0 Å². The van der Waals surface area contributed by atoms with Crippen molar-refractivity contribution in [2.75, 3.05) is 52.4 Å². The van der Waals surface area contributed by atoms with Crippen LogP contribution in [0.4, 0.5) is 0 Å². The van der Waals surface area contributed by atoms with E-state index in [2.05, 4.69) is 20.0 Å². The predicted octanol–water partition coefficient (Wildman–Crippen LogP) is 0.386. The summed E-state index contributed by atoms with van der Waals surface area (Å²) in [4.78, 5) is 20.1. The highest BCUT2D eigenvalue weighted by Gasteiger charge is 2.37. The van der Waals surface area contributed by atoms with E-state index in [1.54, 1.807) is 0 Å². The molecule has 4 saturated heterocycles. The molecule has 5 heterocycles. The quantitative estimate of drug-likeness (QED) is 0.739. The summed E-state index contributed by atoms with van der Waals surface area (Å²) < 4.78 is 0. The Morgan fingerprint density at radius 1 is 1.04 bits per heavy atom. The molecular formula is C18H30ClN5O. The second-order valence-corrected chi connectivity index (χ2v) is 8.35. The number of nitrogens with one attached hydrogen (secondary N) is 1. The standard InChI is InChI=1S/C18H30ClN5O/c19-15-11-21-12-16(20)17(15)23-7-1-13(2-8-23)18(25)24-10-9-22-5-3-14(24)4-6-22/h13-14,16,21H,1-12,20H2. The maximum Gasteiger partial charge on any atom is 0.226 e. The molecule has 5 aliphatic rings. The molecule has 140 valence electrons. The topological polar surface area (TPSA) is 64.8 Å². The molecule has 1 unspecified atom stereocenters. The van der Waals surface area contributed by atoms with Crippen molar-refractivity contribution in [3.63, 3.8) is 0 Å². The molecule has 3 N–H and O–H groups in total. The number of rotatable bonds is 2. The number of hydrogen-bond donors (Lipinski definition) is 2. The third kappa shape index (κ3) is 3.54. The Kier molecular flexibility index (Phi) is 5.23. The van der Waals surface area contributed by atoms with Crippen molar-refractivity contribution in [2.24, 2.45) is 11.7 Å². The number of fused-ring (bicyclic) bond motifs is 4. The summed E-state index contributed by atoms with van der Waals surface area (Å²) in [5.41, 5.74) is 7.33. The molecule has 2 bridgehead atoms. The van der Waals surface area contributed by atoms with Crippen LogP contribution >= 0.6 is 11.6 Å². The van der Waals surface area contributed by atoms with Crippen LogP contribution < -0.4 is 11.1 Å². The van der Waals surface area contributed by atoms with Gasteiger partial charge in [-0.2, -0.15) is 0 Å². The molecule has 0 spiro atoms. The molecule has 0 aliphatic carbocycles. The van der Waals surface area contributed by atoms with Crippen LogP contribution in [0.15, 0.2) is 10.7 Å². The third-order valence-electron chi connectivity index (χ3n) is 6.40. The van der Waals surface area contributed by atoms with E-state index in [4.69, 9.17) is 17.3 Å². The number of nitrogens with two attached hydrogens (primary N) is 1. The van der Waals surface area contributed by atoms with Crippen LogP contribution in [0, 0.1) is 5.92 Å². The molecule has 0 aromatic heterocycles. The van der Waals surface area contributed by atoms with Crippen LogP contribution in [-0.2, 0) is 4.79 Å². The average molecular weight is 368 g/mol. The summed E-state index contributed by atoms with van der Waals surface area (Å²) in [6.07, 6.45) is 4.13. The van der Waals surface area contributed by atoms with Crippen molar-refractivity contribution in [1.82, 2.24) is 20.0 Å². The first kappa shape index (κ1) is 17.6. The number of halogens is 1. The van der Waals surface area contributed by atoms with E-state index >= 15 is 0 Å². The molecule has 1 atom stereocenters. The van der Waals surface area contributed by atoms with Gasteiger partial charge in [-0.3, -0.25) is 4.79 Å². The van der Waals surface area contributed by atoms with E-state index in [1.165, 1.54) is 0 Å². The molecule has 5 aliphatic heterocycles. The molecular weight excluding hydrogens is 338 g/mol. The highest BCUT2D eigenvalue weighted by Crippen LogP contribution is 2.29. The zero-order valence-electron chi connectivity index (χ0n) is 14.9. The summed E-state index contributed by atoms with van der Waals surface area (Å²) in [5.74, 6) is 0.559. The van der Waals surface area contributed by atoms with Crippen molar-refractivity contribution in [1.29, 1.82) is 0 Å². The number of likely N-dealkylation sites (tertiary alicyclic amines) is 1. The lowest BCUT2D eigenvalue weighted by molar-refractivity contribution is -0.139. The smallest absolute Gasteiger partial charge is 0.226 e. The molecule has 1 amide bonds. The van der Waals surface area contributed by atoms with Gasteiger partial charge in [0.25, 0.3) is 0 Å². The summed E-state index contributed by atoms with van der Waals surface area (Å²) in [5, 5.41) is 4.07. The lowest BCUT2D eigenvalue weighted by Gasteiger charge is -2.41. The fourth-order valence-electron chi connectivity index (χ4n) is 4.91. The van der Waals surface area contributed by atoms with Gasteiger partial charge in [0.05, 0.1) is 11.1 Å². The minimum absolute atomic E-state index is 0.0384. The Bertz CT molecular complexity index is 538. The van der Waals surface area contributed by atoms with Crippen LogP contribution in [-0.4, -0.2) is 85.0 Å². The second-order valence-electron chi connectivity index (χ2n) is 7.89. The SMILES string of the molecule is NC1CNCC(Cl)=C1N1CCC(C(=O)N2CCN3CCC2CC3)CC1.